The van der Waals surface area contributed by atoms with Crippen LogP contribution in [0.4, 0.5) is 5.69 Å². The quantitative estimate of drug-likeness (QED) is 0.862. The van der Waals surface area contributed by atoms with E-state index in [9.17, 15) is 9.59 Å². The summed E-state index contributed by atoms with van der Waals surface area (Å²) < 4.78 is 5.29. The fourth-order valence-electron chi connectivity index (χ4n) is 2.37. The lowest BCUT2D eigenvalue weighted by Gasteiger charge is -2.27. The first-order valence-electron chi connectivity index (χ1n) is 7.40. The van der Waals surface area contributed by atoms with Gasteiger partial charge in [0.05, 0.1) is 28.9 Å². The highest BCUT2D eigenvalue weighted by molar-refractivity contribution is 8.15. The molecule has 1 aromatic carbocycles. The molecule has 0 aromatic heterocycles. The average Bonchev–Trinajstić information content (AvgIpc) is 2.93. The third-order valence-electron chi connectivity index (χ3n) is 3.61. The minimum absolute atomic E-state index is 0.0314. The molecule has 2 aliphatic heterocycles. The van der Waals surface area contributed by atoms with Crippen molar-refractivity contribution in [2.24, 2.45) is 4.99 Å². The van der Waals surface area contributed by atoms with Gasteiger partial charge in [-0.15, -0.1) is 0 Å². The molecule has 1 aromatic rings. The number of amidine groups is 1. The van der Waals surface area contributed by atoms with Crippen LogP contribution in [-0.4, -0.2) is 53.4 Å². The lowest BCUT2D eigenvalue weighted by molar-refractivity contribution is -0.121. The van der Waals surface area contributed by atoms with Crippen LogP contribution in [0.2, 0.25) is 10.0 Å². The second-order valence-corrected chi connectivity index (χ2v) is 7.25. The first-order chi connectivity index (χ1) is 11.5. The summed E-state index contributed by atoms with van der Waals surface area (Å²) in [6, 6.07) is 4.99. The highest BCUT2D eigenvalue weighted by Crippen LogP contribution is 2.31. The second kappa shape index (κ2) is 7.74. The number of carbonyl (C=O) groups is 2. The van der Waals surface area contributed by atoms with Gasteiger partial charge in [-0.1, -0.05) is 41.0 Å². The highest BCUT2D eigenvalue weighted by Gasteiger charge is 2.33. The number of aliphatic imine (C=N–C) groups is 1. The summed E-state index contributed by atoms with van der Waals surface area (Å²) in [5.74, 6) is -0.586. The summed E-state index contributed by atoms with van der Waals surface area (Å²) in [5, 5.41) is 3.48. The van der Waals surface area contributed by atoms with Gasteiger partial charge in [-0.2, -0.15) is 4.99 Å². The molecule has 0 bridgehead atoms. The molecule has 128 valence electrons. The van der Waals surface area contributed by atoms with E-state index in [4.69, 9.17) is 27.9 Å². The number of carbonyl (C=O) groups excluding carboxylic acids is 2. The number of nitrogens with one attached hydrogen (secondary N) is 1. The number of nitrogens with zero attached hydrogens (tertiary/aromatic N) is 2. The van der Waals surface area contributed by atoms with Gasteiger partial charge >= 0.3 is 0 Å². The van der Waals surface area contributed by atoms with E-state index in [0.29, 0.717) is 42.2 Å². The largest absolute Gasteiger partial charge is 0.378 e. The Bertz CT molecular complexity index is 693. The van der Waals surface area contributed by atoms with Crippen LogP contribution >= 0.6 is 35.0 Å². The Morgan fingerprint density at radius 1 is 1.38 bits per heavy atom. The molecule has 0 spiro atoms. The van der Waals surface area contributed by atoms with Gasteiger partial charge in [0.25, 0.3) is 5.91 Å². The number of hydrogen-bond donors (Lipinski definition) is 1. The van der Waals surface area contributed by atoms with E-state index in [1.54, 1.807) is 18.2 Å². The fourth-order valence-corrected chi connectivity index (χ4v) is 3.83. The number of morpholine rings is 1. The number of rotatable bonds is 3. The predicted octanol–water partition coefficient (Wildman–Crippen LogP) is 2.65. The van der Waals surface area contributed by atoms with Crippen LogP contribution in [0.25, 0.3) is 0 Å². The molecule has 0 saturated carbocycles. The van der Waals surface area contributed by atoms with Crippen LogP contribution in [-0.2, 0) is 14.3 Å². The third-order valence-corrected chi connectivity index (χ3v) is 5.64. The van der Waals surface area contributed by atoms with Gasteiger partial charge in [-0.25, -0.2) is 0 Å². The van der Waals surface area contributed by atoms with Crippen molar-refractivity contribution >= 4 is 57.6 Å². The van der Waals surface area contributed by atoms with Crippen molar-refractivity contribution < 1.29 is 14.3 Å². The number of amides is 2. The number of halogens is 2. The van der Waals surface area contributed by atoms with Crippen molar-refractivity contribution in [1.29, 1.82) is 0 Å². The summed E-state index contributed by atoms with van der Waals surface area (Å²) in [6.07, 6.45) is 0.0314. The molecule has 0 radical (unpaired) electrons. The summed E-state index contributed by atoms with van der Waals surface area (Å²) in [5.41, 5.74) is 0.430. The van der Waals surface area contributed by atoms with E-state index in [2.05, 4.69) is 10.3 Å². The van der Waals surface area contributed by atoms with Gasteiger partial charge < -0.3 is 15.0 Å². The Morgan fingerprint density at radius 2 is 2.12 bits per heavy atom. The van der Waals surface area contributed by atoms with Gasteiger partial charge in [0, 0.05) is 19.5 Å². The first kappa shape index (κ1) is 17.5. The molecule has 6 nitrogen and oxygen atoms in total. The second-order valence-electron chi connectivity index (χ2n) is 5.29. The molecule has 0 aliphatic carbocycles. The molecule has 1 fully saturated rings. The molecule has 1 atom stereocenters. The Balaban J connectivity index is 1.57. The number of benzene rings is 1. The molecule has 1 N–H and O–H groups in total. The zero-order valence-electron chi connectivity index (χ0n) is 12.6. The van der Waals surface area contributed by atoms with Crippen molar-refractivity contribution in [1.82, 2.24) is 4.90 Å². The van der Waals surface area contributed by atoms with Gasteiger partial charge in [-0.05, 0) is 12.1 Å². The van der Waals surface area contributed by atoms with E-state index in [0.717, 1.165) is 0 Å². The number of thioether (sulfide) groups is 1. The molecule has 1 saturated heterocycles. The fraction of sp³-hybridized carbons (Fsp3) is 0.400. The zero-order valence-corrected chi connectivity index (χ0v) is 15.0. The lowest BCUT2D eigenvalue weighted by Crippen LogP contribution is -2.39. The molecular weight excluding hydrogens is 373 g/mol. The normalized spacial score (nSPS) is 20.9. The first-order valence-corrected chi connectivity index (χ1v) is 9.04. The van der Waals surface area contributed by atoms with Crippen molar-refractivity contribution in [3.05, 3.63) is 28.2 Å². The van der Waals surface area contributed by atoms with E-state index in [-0.39, 0.29) is 23.3 Å². The van der Waals surface area contributed by atoms with Crippen LogP contribution < -0.4 is 5.32 Å². The van der Waals surface area contributed by atoms with Gasteiger partial charge in [0.1, 0.15) is 5.25 Å². The topological polar surface area (TPSA) is 71.0 Å². The maximum Gasteiger partial charge on any atom is 0.262 e. The standard InChI is InChI=1S/C15H15Cl2N3O3S/c16-9-2-1-3-10(13(9)17)18-12(21)8-11-14(22)19-15(24-11)20-4-6-23-7-5-20/h1-3,11H,4-8H2,(H,18,21). The van der Waals surface area contributed by atoms with Gasteiger partial charge in [-0.3, -0.25) is 9.59 Å². The molecule has 2 heterocycles. The molecule has 24 heavy (non-hydrogen) atoms. The zero-order chi connectivity index (χ0) is 17.1. The maximum absolute atomic E-state index is 12.2. The number of ether oxygens (including phenoxy) is 1. The smallest absolute Gasteiger partial charge is 0.262 e. The number of anilines is 1. The van der Waals surface area contributed by atoms with Crippen LogP contribution in [0.3, 0.4) is 0 Å². The van der Waals surface area contributed by atoms with Crippen LogP contribution in [0.5, 0.6) is 0 Å². The minimum atomic E-state index is -0.513. The Hall–Kier alpha value is -1.28. The van der Waals surface area contributed by atoms with Crippen molar-refractivity contribution in [3.8, 4) is 0 Å². The van der Waals surface area contributed by atoms with E-state index >= 15 is 0 Å². The summed E-state index contributed by atoms with van der Waals surface area (Å²) in [7, 11) is 0. The van der Waals surface area contributed by atoms with E-state index in [1.165, 1.54) is 11.8 Å². The van der Waals surface area contributed by atoms with E-state index in [1.807, 2.05) is 4.90 Å². The molecule has 9 heteroatoms. The molecular formula is C15H15Cl2N3O3S. The minimum Gasteiger partial charge on any atom is -0.378 e. The van der Waals surface area contributed by atoms with E-state index < -0.39 is 5.25 Å². The summed E-state index contributed by atoms with van der Waals surface area (Å²) >= 11 is 13.3. The highest BCUT2D eigenvalue weighted by atomic mass is 35.5. The Labute approximate surface area is 153 Å². The van der Waals surface area contributed by atoms with Crippen LogP contribution in [0.15, 0.2) is 23.2 Å². The molecule has 1 unspecified atom stereocenters. The van der Waals surface area contributed by atoms with Crippen molar-refractivity contribution in [3.63, 3.8) is 0 Å². The molecule has 2 amide bonds. The summed E-state index contributed by atoms with van der Waals surface area (Å²) in [6.45, 7) is 2.64. The van der Waals surface area contributed by atoms with Crippen molar-refractivity contribution in [2.75, 3.05) is 31.6 Å². The maximum atomic E-state index is 12.2. The molecule has 3 rings (SSSR count). The Kier molecular flexibility index (Phi) is 5.65. The number of hydrogen-bond acceptors (Lipinski definition) is 5. The third kappa shape index (κ3) is 4.03. The van der Waals surface area contributed by atoms with Crippen LogP contribution in [0.1, 0.15) is 6.42 Å². The predicted molar refractivity (Wildman–Crippen MR) is 95.9 cm³/mol. The Morgan fingerprint density at radius 3 is 2.88 bits per heavy atom. The monoisotopic (exact) mass is 387 g/mol. The van der Waals surface area contributed by atoms with Crippen molar-refractivity contribution in [2.45, 2.75) is 11.7 Å². The summed E-state index contributed by atoms with van der Waals surface area (Å²) in [4.78, 5) is 30.3. The average molecular weight is 388 g/mol. The SMILES string of the molecule is O=C(CC1SC(N2CCOCC2)=NC1=O)Nc1cccc(Cl)c1Cl. The van der Waals surface area contributed by atoms with Gasteiger partial charge in [0.2, 0.25) is 5.91 Å². The lowest BCUT2D eigenvalue weighted by atomic mass is 10.2. The van der Waals surface area contributed by atoms with Gasteiger partial charge in [0.15, 0.2) is 5.17 Å². The van der Waals surface area contributed by atoms with Crippen LogP contribution in [0, 0.1) is 0 Å². The molecule has 2 aliphatic rings.